The highest BCUT2D eigenvalue weighted by Crippen LogP contribution is 2.36. The van der Waals surface area contributed by atoms with Crippen LogP contribution in [0, 0.1) is 11.8 Å². The van der Waals surface area contributed by atoms with E-state index in [4.69, 9.17) is 11.6 Å². The van der Waals surface area contributed by atoms with Crippen LogP contribution in [0.4, 0.5) is 0 Å². The van der Waals surface area contributed by atoms with Crippen molar-refractivity contribution in [2.45, 2.75) is 57.2 Å². The lowest BCUT2D eigenvalue weighted by molar-refractivity contribution is -0.123. The number of halogens is 1. The molecule has 1 nitrogen and oxygen atoms in total. The van der Waals surface area contributed by atoms with Gasteiger partial charge in [-0.15, -0.1) is 11.6 Å². The van der Waals surface area contributed by atoms with Crippen LogP contribution in [0.3, 0.4) is 0 Å². The number of hydrogen-bond donors (Lipinski definition) is 0. The van der Waals surface area contributed by atoms with E-state index in [1.54, 1.807) is 0 Å². The van der Waals surface area contributed by atoms with Gasteiger partial charge in [0.05, 0.1) is 0 Å². The van der Waals surface area contributed by atoms with Crippen LogP contribution in [0.5, 0.6) is 0 Å². The topological polar surface area (TPSA) is 17.1 Å². The molecule has 0 amide bonds. The highest BCUT2D eigenvalue weighted by molar-refractivity contribution is 6.31. The van der Waals surface area contributed by atoms with Crippen LogP contribution in [0.15, 0.2) is 30.3 Å². The summed E-state index contributed by atoms with van der Waals surface area (Å²) in [6.45, 7) is 2.24. The van der Waals surface area contributed by atoms with Crippen LogP contribution in [-0.2, 0) is 4.79 Å². The minimum atomic E-state index is -0.464. The zero-order chi connectivity index (χ0) is 14.4. The van der Waals surface area contributed by atoms with E-state index in [2.05, 4.69) is 6.92 Å². The van der Waals surface area contributed by atoms with E-state index >= 15 is 0 Å². The molecule has 1 atom stereocenters. The molecule has 0 spiro atoms. The first-order valence-corrected chi connectivity index (χ1v) is 8.38. The third-order valence-electron chi connectivity index (χ3n) is 4.56. The van der Waals surface area contributed by atoms with Gasteiger partial charge in [-0.1, -0.05) is 56.5 Å². The van der Waals surface area contributed by atoms with Gasteiger partial charge in [0.15, 0.2) is 5.78 Å². The van der Waals surface area contributed by atoms with Gasteiger partial charge in [0.25, 0.3) is 0 Å². The predicted octanol–water partition coefficient (Wildman–Crippen LogP) is 5.53. The van der Waals surface area contributed by atoms with E-state index < -0.39 is 5.38 Å². The molecule has 1 saturated carbocycles. The number of rotatable bonds is 6. The lowest BCUT2D eigenvalue weighted by Gasteiger charge is -2.28. The zero-order valence-electron chi connectivity index (χ0n) is 12.4. The highest BCUT2D eigenvalue weighted by Gasteiger charge is 2.30. The second-order valence-corrected chi connectivity index (χ2v) is 6.47. The van der Waals surface area contributed by atoms with Crippen molar-refractivity contribution in [3.63, 3.8) is 0 Å². The first-order valence-electron chi connectivity index (χ1n) is 7.95. The zero-order valence-corrected chi connectivity index (χ0v) is 13.1. The summed E-state index contributed by atoms with van der Waals surface area (Å²) in [7, 11) is 0. The molecule has 1 aliphatic rings. The second kappa shape index (κ2) is 7.83. The van der Waals surface area contributed by atoms with Crippen molar-refractivity contribution in [3.8, 4) is 0 Å². The summed E-state index contributed by atoms with van der Waals surface area (Å²) in [5, 5.41) is -0.464. The maximum absolute atomic E-state index is 12.5. The molecular formula is C18H25ClO. The number of Topliss-reactive ketones (excluding diaryl/α,β-unsaturated/α-hetero) is 1. The highest BCUT2D eigenvalue weighted by atomic mass is 35.5. The number of ketones is 1. The van der Waals surface area contributed by atoms with Crippen molar-refractivity contribution in [1.82, 2.24) is 0 Å². The van der Waals surface area contributed by atoms with E-state index in [-0.39, 0.29) is 11.7 Å². The molecular weight excluding hydrogens is 268 g/mol. The van der Waals surface area contributed by atoms with Crippen molar-refractivity contribution in [2.75, 3.05) is 0 Å². The molecule has 2 heteroatoms. The molecule has 1 aromatic rings. The molecule has 0 saturated heterocycles. The Kier molecular flexibility index (Phi) is 6.09. The van der Waals surface area contributed by atoms with Crippen LogP contribution < -0.4 is 0 Å². The Morgan fingerprint density at radius 3 is 2.45 bits per heavy atom. The molecule has 1 aromatic carbocycles. The predicted molar refractivity (Wildman–Crippen MR) is 85.0 cm³/mol. The van der Waals surface area contributed by atoms with Gasteiger partial charge < -0.3 is 0 Å². The summed E-state index contributed by atoms with van der Waals surface area (Å²) in [6.07, 6.45) is 8.40. The van der Waals surface area contributed by atoms with Crippen molar-refractivity contribution in [3.05, 3.63) is 35.9 Å². The summed E-state index contributed by atoms with van der Waals surface area (Å²) in [6, 6.07) is 9.74. The summed E-state index contributed by atoms with van der Waals surface area (Å²) in [5.74, 6) is 1.24. The molecule has 0 heterocycles. The van der Waals surface area contributed by atoms with Crippen LogP contribution in [0.2, 0.25) is 0 Å². The lowest BCUT2D eigenvalue weighted by Crippen LogP contribution is -2.24. The second-order valence-electron chi connectivity index (χ2n) is 6.04. The quantitative estimate of drug-likeness (QED) is 0.630. The van der Waals surface area contributed by atoms with Crippen LogP contribution in [0.1, 0.15) is 62.8 Å². The Balaban J connectivity index is 1.85. The number of carbonyl (C=O) groups is 1. The third kappa shape index (κ3) is 4.09. The first-order chi connectivity index (χ1) is 9.72. The summed E-state index contributed by atoms with van der Waals surface area (Å²) < 4.78 is 0. The van der Waals surface area contributed by atoms with Gasteiger partial charge in [-0.25, -0.2) is 0 Å². The molecule has 2 rings (SSSR count). The van der Waals surface area contributed by atoms with Gasteiger partial charge in [-0.3, -0.25) is 4.79 Å². The number of hydrogen-bond acceptors (Lipinski definition) is 1. The Morgan fingerprint density at radius 2 is 1.85 bits per heavy atom. The average Bonchev–Trinajstić information content (AvgIpc) is 2.53. The molecule has 1 fully saturated rings. The molecule has 0 aromatic heterocycles. The van der Waals surface area contributed by atoms with E-state index in [9.17, 15) is 4.79 Å². The van der Waals surface area contributed by atoms with E-state index in [0.717, 1.165) is 24.3 Å². The summed E-state index contributed by atoms with van der Waals surface area (Å²) in [5.41, 5.74) is 0.937. The molecule has 20 heavy (non-hydrogen) atoms. The van der Waals surface area contributed by atoms with Crippen LogP contribution in [-0.4, -0.2) is 5.78 Å². The largest absolute Gasteiger partial charge is 0.297 e. The fraction of sp³-hybridized carbons (Fsp3) is 0.611. The van der Waals surface area contributed by atoms with Crippen molar-refractivity contribution >= 4 is 17.4 Å². The summed E-state index contributed by atoms with van der Waals surface area (Å²) >= 11 is 6.36. The monoisotopic (exact) mass is 292 g/mol. The SMILES string of the molecule is CCCCC1CCC(C(=O)C(Cl)c2ccccc2)CC1. The van der Waals surface area contributed by atoms with E-state index in [1.165, 1.54) is 32.1 Å². The van der Waals surface area contributed by atoms with Crippen molar-refractivity contribution < 1.29 is 4.79 Å². The lowest BCUT2D eigenvalue weighted by atomic mass is 9.77. The standard InChI is InChI=1S/C18H25ClO/c1-2-3-7-14-10-12-16(13-11-14)18(20)17(19)15-8-5-4-6-9-15/h4-6,8-9,14,16-17H,2-3,7,10-13H2,1H3. The maximum atomic E-state index is 12.5. The Morgan fingerprint density at radius 1 is 1.20 bits per heavy atom. The van der Waals surface area contributed by atoms with Crippen molar-refractivity contribution in [2.24, 2.45) is 11.8 Å². The molecule has 1 aliphatic carbocycles. The molecule has 0 N–H and O–H groups in total. The first kappa shape index (κ1) is 15.6. The third-order valence-corrected chi connectivity index (χ3v) is 5.02. The van der Waals surface area contributed by atoms with Gasteiger partial charge >= 0.3 is 0 Å². The summed E-state index contributed by atoms with van der Waals surface area (Å²) in [4.78, 5) is 12.5. The van der Waals surface area contributed by atoms with Gasteiger partial charge in [-0.05, 0) is 37.2 Å². The van der Waals surface area contributed by atoms with Gasteiger partial charge in [-0.2, -0.15) is 0 Å². The van der Waals surface area contributed by atoms with E-state index in [1.807, 2.05) is 30.3 Å². The van der Waals surface area contributed by atoms with Crippen molar-refractivity contribution in [1.29, 1.82) is 0 Å². The smallest absolute Gasteiger partial charge is 0.158 e. The number of carbonyl (C=O) groups excluding carboxylic acids is 1. The average molecular weight is 293 g/mol. The van der Waals surface area contributed by atoms with Crippen LogP contribution in [0.25, 0.3) is 0 Å². The Labute approximate surface area is 127 Å². The fourth-order valence-corrected chi connectivity index (χ4v) is 3.55. The van der Waals surface area contributed by atoms with Gasteiger partial charge in [0.1, 0.15) is 5.38 Å². The van der Waals surface area contributed by atoms with Gasteiger partial charge in [0.2, 0.25) is 0 Å². The number of unbranched alkanes of at least 4 members (excludes halogenated alkanes) is 1. The molecule has 110 valence electrons. The van der Waals surface area contributed by atoms with Gasteiger partial charge in [0, 0.05) is 5.92 Å². The van der Waals surface area contributed by atoms with Crippen LogP contribution >= 0.6 is 11.6 Å². The minimum absolute atomic E-state index is 0.176. The number of alkyl halides is 1. The number of benzene rings is 1. The molecule has 1 unspecified atom stereocenters. The molecule has 0 bridgehead atoms. The van der Waals surface area contributed by atoms with E-state index in [0.29, 0.717) is 0 Å². The Bertz CT molecular complexity index is 407. The maximum Gasteiger partial charge on any atom is 0.158 e. The Hall–Kier alpha value is -0.820. The molecule has 0 radical (unpaired) electrons. The normalized spacial score (nSPS) is 24.3. The molecule has 0 aliphatic heterocycles. The minimum Gasteiger partial charge on any atom is -0.297 e. The fourth-order valence-electron chi connectivity index (χ4n) is 3.22.